The molecule has 1 saturated carbocycles. The Kier molecular flexibility index (Phi) is 5.53. The molecule has 2 fully saturated rings. The first-order valence-corrected chi connectivity index (χ1v) is 9.64. The second kappa shape index (κ2) is 7.71. The van der Waals surface area contributed by atoms with Gasteiger partial charge < -0.3 is 14.9 Å². The highest BCUT2D eigenvalue weighted by atomic mass is 16.4. The molecular weight excluding hydrogens is 344 g/mol. The Bertz CT molecular complexity index is 724. The summed E-state index contributed by atoms with van der Waals surface area (Å²) in [7, 11) is 1.77. The molecule has 6 nitrogen and oxygen atoms in total. The molecule has 2 atom stereocenters. The van der Waals surface area contributed by atoms with E-state index in [1.54, 1.807) is 29.0 Å². The Morgan fingerprint density at radius 3 is 2.30 bits per heavy atom. The number of carbonyl (C=O) groups excluding carboxylic acids is 2. The smallest absolute Gasteiger partial charge is 0.308 e. The van der Waals surface area contributed by atoms with Crippen LogP contribution in [0.15, 0.2) is 24.3 Å². The van der Waals surface area contributed by atoms with Gasteiger partial charge in [0.1, 0.15) is 0 Å². The largest absolute Gasteiger partial charge is 0.481 e. The van der Waals surface area contributed by atoms with Crippen molar-refractivity contribution >= 4 is 17.8 Å². The molecule has 3 rings (SSSR count). The lowest BCUT2D eigenvalue weighted by Crippen LogP contribution is -2.30. The first-order valence-electron chi connectivity index (χ1n) is 9.64. The fourth-order valence-electron chi connectivity index (χ4n) is 3.99. The van der Waals surface area contributed by atoms with Gasteiger partial charge in [-0.1, -0.05) is 26.0 Å². The first-order chi connectivity index (χ1) is 12.8. The van der Waals surface area contributed by atoms with Crippen molar-refractivity contribution in [1.82, 2.24) is 9.80 Å². The SMILES string of the molecule is CC(C)C(=O)N(C)Cc1ccc(C(=O)N2C[C@H](C(=O)O)[C@@H](C3CC3)C2)cc1. The maximum atomic E-state index is 12.8. The minimum Gasteiger partial charge on any atom is -0.481 e. The van der Waals surface area contributed by atoms with Crippen LogP contribution in [0.2, 0.25) is 0 Å². The Hall–Kier alpha value is -2.37. The van der Waals surface area contributed by atoms with Crippen molar-refractivity contribution in [3.63, 3.8) is 0 Å². The number of likely N-dealkylation sites (tertiary alicyclic amines) is 1. The molecule has 1 N–H and O–H groups in total. The molecule has 1 aromatic rings. The number of rotatable bonds is 6. The summed E-state index contributed by atoms with van der Waals surface area (Å²) in [5, 5.41) is 9.46. The van der Waals surface area contributed by atoms with Crippen LogP contribution < -0.4 is 0 Å². The maximum absolute atomic E-state index is 12.8. The summed E-state index contributed by atoms with van der Waals surface area (Å²) in [6.45, 7) is 5.07. The van der Waals surface area contributed by atoms with E-state index in [0.717, 1.165) is 18.4 Å². The van der Waals surface area contributed by atoms with Crippen molar-refractivity contribution in [2.45, 2.75) is 33.2 Å². The number of hydrogen-bond donors (Lipinski definition) is 1. The van der Waals surface area contributed by atoms with Crippen molar-refractivity contribution in [3.8, 4) is 0 Å². The van der Waals surface area contributed by atoms with Crippen LogP contribution in [0.3, 0.4) is 0 Å². The van der Waals surface area contributed by atoms with Crippen LogP contribution in [-0.2, 0) is 16.1 Å². The van der Waals surface area contributed by atoms with E-state index in [1.807, 2.05) is 26.0 Å². The van der Waals surface area contributed by atoms with E-state index >= 15 is 0 Å². The summed E-state index contributed by atoms with van der Waals surface area (Å²) in [5.41, 5.74) is 1.53. The molecule has 1 heterocycles. The molecule has 1 aliphatic carbocycles. The molecule has 0 spiro atoms. The van der Waals surface area contributed by atoms with Gasteiger partial charge >= 0.3 is 5.97 Å². The molecule has 6 heteroatoms. The van der Waals surface area contributed by atoms with Crippen molar-refractivity contribution in [2.24, 2.45) is 23.7 Å². The van der Waals surface area contributed by atoms with Gasteiger partial charge in [0.05, 0.1) is 5.92 Å². The zero-order chi connectivity index (χ0) is 19.7. The Morgan fingerprint density at radius 1 is 1.15 bits per heavy atom. The summed E-state index contributed by atoms with van der Waals surface area (Å²) in [5.74, 6) is -0.776. The predicted molar refractivity (Wildman–Crippen MR) is 101 cm³/mol. The highest BCUT2D eigenvalue weighted by Gasteiger charge is 2.46. The summed E-state index contributed by atoms with van der Waals surface area (Å²) < 4.78 is 0. The van der Waals surface area contributed by atoms with Crippen LogP contribution in [0.4, 0.5) is 0 Å². The van der Waals surface area contributed by atoms with Crippen molar-refractivity contribution in [3.05, 3.63) is 35.4 Å². The minimum atomic E-state index is -0.796. The van der Waals surface area contributed by atoms with Gasteiger partial charge in [0.15, 0.2) is 0 Å². The van der Waals surface area contributed by atoms with Crippen molar-refractivity contribution in [1.29, 1.82) is 0 Å². The molecule has 2 amide bonds. The second-order valence-electron chi connectivity index (χ2n) is 8.20. The van der Waals surface area contributed by atoms with E-state index in [4.69, 9.17) is 0 Å². The van der Waals surface area contributed by atoms with E-state index < -0.39 is 11.9 Å². The molecule has 1 aromatic carbocycles. The topological polar surface area (TPSA) is 77.9 Å². The normalized spacial score (nSPS) is 22.1. The Morgan fingerprint density at radius 2 is 1.78 bits per heavy atom. The number of benzene rings is 1. The van der Waals surface area contributed by atoms with Gasteiger partial charge in [0.2, 0.25) is 5.91 Å². The van der Waals surface area contributed by atoms with E-state index in [1.165, 1.54) is 0 Å². The van der Waals surface area contributed by atoms with E-state index in [0.29, 0.717) is 31.1 Å². The number of hydrogen-bond acceptors (Lipinski definition) is 3. The minimum absolute atomic E-state index is 0.0485. The Labute approximate surface area is 160 Å². The number of aliphatic carboxylic acids is 1. The standard InChI is InChI=1S/C21H28N2O4/c1-13(2)19(24)22(3)10-14-4-6-16(7-5-14)20(25)23-11-17(15-8-9-15)18(12-23)21(26)27/h4-7,13,15,17-18H,8-12H2,1-3H3,(H,26,27)/t17-,18+/m1/s1. The van der Waals surface area contributed by atoms with E-state index in [2.05, 4.69) is 0 Å². The van der Waals surface area contributed by atoms with E-state index in [9.17, 15) is 19.5 Å². The van der Waals surface area contributed by atoms with Gasteiger partial charge in [-0.3, -0.25) is 14.4 Å². The highest BCUT2D eigenvalue weighted by Crippen LogP contribution is 2.44. The third-order valence-electron chi connectivity index (χ3n) is 5.69. The first kappa shape index (κ1) is 19.4. The van der Waals surface area contributed by atoms with Gasteiger partial charge in [-0.25, -0.2) is 0 Å². The average Bonchev–Trinajstić information content (AvgIpc) is 3.38. The Balaban J connectivity index is 1.64. The highest BCUT2D eigenvalue weighted by molar-refractivity contribution is 5.95. The third kappa shape index (κ3) is 4.31. The van der Waals surface area contributed by atoms with Crippen LogP contribution in [0.1, 0.15) is 42.6 Å². The summed E-state index contributed by atoms with van der Waals surface area (Å²) in [6, 6.07) is 7.26. The number of carboxylic acid groups (broad SMARTS) is 1. The lowest BCUT2D eigenvalue weighted by atomic mass is 9.92. The summed E-state index contributed by atoms with van der Waals surface area (Å²) in [6.07, 6.45) is 2.15. The summed E-state index contributed by atoms with van der Waals surface area (Å²) in [4.78, 5) is 39.7. The number of carbonyl (C=O) groups is 3. The molecule has 1 aliphatic heterocycles. The quantitative estimate of drug-likeness (QED) is 0.832. The van der Waals surface area contributed by atoms with Crippen LogP contribution >= 0.6 is 0 Å². The second-order valence-corrected chi connectivity index (χ2v) is 8.20. The number of amides is 2. The zero-order valence-electron chi connectivity index (χ0n) is 16.2. The third-order valence-corrected chi connectivity index (χ3v) is 5.69. The van der Waals surface area contributed by atoms with Gasteiger partial charge in [-0.05, 0) is 42.4 Å². The van der Waals surface area contributed by atoms with Crippen LogP contribution in [0.25, 0.3) is 0 Å². The molecule has 0 unspecified atom stereocenters. The van der Waals surface area contributed by atoms with Gasteiger partial charge in [-0.15, -0.1) is 0 Å². The molecule has 0 aromatic heterocycles. The summed E-state index contributed by atoms with van der Waals surface area (Å²) >= 11 is 0. The molecule has 2 aliphatic rings. The van der Waals surface area contributed by atoms with Gasteiger partial charge in [0.25, 0.3) is 5.91 Å². The number of carboxylic acids is 1. The fraction of sp³-hybridized carbons (Fsp3) is 0.571. The van der Waals surface area contributed by atoms with E-state index in [-0.39, 0.29) is 23.7 Å². The molecule has 0 radical (unpaired) electrons. The molecule has 0 bridgehead atoms. The zero-order valence-corrected chi connectivity index (χ0v) is 16.2. The van der Waals surface area contributed by atoms with Crippen molar-refractivity contribution < 1.29 is 19.5 Å². The lowest BCUT2D eigenvalue weighted by Gasteiger charge is -2.20. The van der Waals surface area contributed by atoms with Gasteiger partial charge in [-0.2, -0.15) is 0 Å². The van der Waals surface area contributed by atoms with Gasteiger partial charge in [0, 0.05) is 38.2 Å². The van der Waals surface area contributed by atoms with Crippen LogP contribution in [0, 0.1) is 23.7 Å². The molecular formula is C21H28N2O4. The fourth-order valence-corrected chi connectivity index (χ4v) is 3.99. The lowest BCUT2D eigenvalue weighted by molar-refractivity contribution is -0.142. The van der Waals surface area contributed by atoms with Crippen LogP contribution in [0.5, 0.6) is 0 Å². The molecule has 27 heavy (non-hydrogen) atoms. The average molecular weight is 372 g/mol. The predicted octanol–water partition coefficient (Wildman–Crippen LogP) is 2.48. The van der Waals surface area contributed by atoms with Crippen molar-refractivity contribution in [2.75, 3.05) is 20.1 Å². The maximum Gasteiger partial charge on any atom is 0.308 e. The monoisotopic (exact) mass is 372 g/mol. The number of nitrogens with zero attached hydrogens (tertiary/aromatic N) is 2. The molecule has 1 saturated heterocycles. The van der Waals surface area contributed by atoms with Crippen LogP contribution in [-0.4, -0.2) is 52.8 Å². The molecule has 146 valence electrons.